The minimum atomic E-state index is -3.71. The van der Waals surface area contributed by atoms with Crippen molar-refractivity contribution < 1.29 is 13.2 Å². The number of benzene rings is 2. The number of ether oxygens (including phenoxy) is 1. The van der Waals surface area contributed by atoms with E-state index in [2.05, 4.69) is 20.7 Å². The summed E-state index contributed by atoms with van der Waals surface area (Å²) in [5.41, 5.74) is 7.57. The third-order valence-corrected chi connectivity index (χ3v) is 4.90. The normalized spacial score (nSPS) is 11.2. The smallest absolute Gasteiger partial charge is 0.262 e. The summed E-state index contributed by atoms with van der Waals surface area (Å²) in [5, 5.41) is 0. The van der Waals surface area contributed by atoms with E-state index in [-0.39, 0.29) is 4.90 Å². The zero-order valence-electron chi connectivity index (χ0n) is 11.6. The lowest BCUT2D eigenvalue weighted by Crippen LogP contribution is -2.13. The number of nitrogens with one attached hydrogen (secondary N) is 1. The van der Waals surface area contributed by atoms with Crippen molar-refractivity contribution in [3.63, 3.8) is 0 Å². The molecule has 0 unspecified atom stereocenters. The molecule has 0 radical (unpaired) electrons. The standard InChI is InChI=1S/C14H15BrN2O3S/c1-9-3-6-13(11(15)7-9)17-21(18,19)10-4-5-12(16)14(8-10)20-2/h3-8,17H,16H2,1-2H3. The lowest BCUT2D eigenvalue weighted by atomic mass is 10.2. The predicted octanol–water partition coefficient (Wildman–Crippen LogP) is 3.15. The van der Waals surface area contributed by atoms with Gasteiger partial charge in [0.15, 0.2) is 0 Å². The van der Waals surface area contributed by atoms with Crippen LogP contribution in [0, 0.1) is 6.92 Å². The van der Waals surface area contributed by atoms with E-state index in [0.717, 1.165) is 5.56 Å². The molecule has 2 aromatic carbocycles. The van der Waals surface area contributed by atoms with Gasteiger partial charge in [0.05, 0.1) is 23.4 Å². The molecule has 0 heterocycles. The number of anilines is 2. The maximum absolute atomic E-state index is 12.4. The molecule has 7 heteroatoms. The molecule has 0 amide bonds. The lowest BCUT2D eigenvalue weighted by Gasteiger charge is -2.12. The summed E-state index contributed by atoms with van der Waals surface area (Å²) >= 11 is 3.34. The van der Waals surface area contributed by atoms with Crippen LogP contribution in [0.3, 0.4) is 0 Å². The van der Waals surface area contributed by atoms with Gasteiger partial charge in [-0.2, -0.15) is 0 Å². The number of nitrogen functional groups attached to an aromatic ring is 1. The van der Waals surface area contributed by atoms with Crippen LogP contribution in [0.15, 0.2) is 45.8 Å². The Morgan fingerprint density at radius 1 is 1.19 bits per heavy atom. The van der Waals surface area contributed by atoms with Gasteiger partial charge in [0.25, 0.3) is 10.0 Å². The Labute approximate surface area is 132 Å². The number of methoxy groups -OCH3 is 1. The Hall–Kier alpha value is -1.73. The van der Waals surface area contributed by atoms with Crippen molar-refractivity contribution >= 4 is 37.3 Å². The van der Waals surface area contributed by atoms with Crippen molar-refractivity contribution in [1.82, 2.24) is 0 Å². The van der Waals surface area contributed by atoms with Crippen molar-refractivity contribution in [2.24, 2.45) is 0 Å². The molecule has 5 nitrogen and oxygen atoms in total. The third-order valence-electron chi connectivity index (χ3n) is 2.88. The zero-order chi connectivity index (χ0) is 15.6. The van der Waals surface area contributed by atoms with Gasteiger partial charge in [-0.3, -0.25) is 4.72 Å². The van der Waals surface area contributed by atoms with Gasteiger partial charge in [-0.25, -0.2) is 8.42 Å². The van der Waals surface area contributed by atoms with E-state index in [4.69, 9.17) is 10.5 Å². The molecule has 0 aliphatic rings. The summed E-state index contributed by atoms with van der Waals surface area (Å²) in [6.45, 7) is 1.92. The van der Waals surface area contributed by atoms with Gasteiger partial charge in [0.1, 0.15) is 5.75 Å². The molecule has 0 spiro atoms. The summed E-state index contributed by atoms with van der Waals surface area (Å²) in [6.07, 6.45) is 0. The summed E-state index contributed by atoms with van der Waals surface area (Å²) in [6, 6.07) is 9.68. The SMILES string of the molecule is COc1cc(S(=O)(=O)Nc2ccc(C)cc2Br)ccc1N. The summed E-state index contributed by atoms with van der Waals surface area (Å²) in [4.78, 5) is 0.0843. The fourth-order valence-electron chi connectivity index (χ4n) is 1.77. The molecule has 0 aliphatic heterocycles. The summed E-state index contributed by atoms with van der Waals surface area (Å²) in [5.74, 6) is 0.320. The van der Waals surface area contributed by atoms with E-state index in [1.165, 1.54) is 25.3 Å². The van der Waals surface area contributed by atoms with E-state index >= 15 is 0 Å². The van der Waals surface area contributed by atoms with Crippen LogP contribution in [0.5, 0.6) is 5.75 Å². The molecular weight excluding hydrogens is 356 g/mol. The number of hydrogen-bond donors (Lipinski definition) is 2. The molecule has 0 aliphatic carbocycles. The van der Waals surface area contributed by atoms with Crippen molar-refractivity contribution in [2.75, 3.05) is 17.6 Å². The number of nitrogens with two attached hydrogens (primary N) is 1. The first-order chi connectivity index (χ1) is 9.83. The Balaban J connectivity index is 2.38. The average Bonchev–Trinajstić information content (AvgIpc) is 2.42. The minimum absolute atomic E-state index is 0.0843. The zero-order valence-corrected chi connectivity index (χ0v) is 14.0. The summed E-state index contributed by atoms with van der Waals surface area (Å²) in [7, 11) is -2.28. The van der Waals surface area contributed by atoms with Gasteiger partial charge in [-0.15, -0.1) is 0 Å². The van der Waals surface area contributed by atoms with Crippen LogP contribution in [0.4, 0.5) is 11.4 Å². The van der Waals surface area contributed by atoms with Crippen LogP contribution >= 0.6 is 15.9 Å². The van der Waals surface area contributed by atoms with Crippen LogP contribution in [0.1, 0.15) is 5.56 Å². The molecule has 0 atom stereocenters. The van der Waals surface area contributed by atoms with Gasteiger partial charge in [0, 0.05) is 10.5 Å². The van der Waals surface area contributed by atoms with Crippen LogP contribution in [0.25, 0.3) is 0 Å². The first-order valence-electron chi connectivity index (χ1n) is 6.06. The molecule has 2 rings (SSSR count). The second kappa shape index (κ2) is 5.95. The third kappa shape index (κ3) is 3.48. The Bertz CT molecular complexity index is 776. The largest absolute Gasteiger partial charge is 0.495 e. The van der Waals surface area contributed by atoms with Crippen LogP contribution in [-0.2, 0) is 10.0 Å². The highest BCUT2D eigenvalue weighted by Crippen LogP contribution is 2.29. The molecule has 0 bridgehead atoms. The molecule has 3 N–H and O–H groups in total. The van der Waals surface area contributed by atoms with Crippen LogP contribution in [-0.4, -0.2) is 15.5 Å². The average molecular weight is 371 g/mol. The molecular formula is C14H15BrN2O3S. The Morgan fingerprint density at radius 3 is 2.52 bits per heavy atom. The number of halogens is 1. The van der Waals surface area contributed by atoms with E-state index in [0.29, 0.717) is 21.6 Å². The molecule has 0 aromatic heterocycles. The minimum Gasteiger partial charge on any atom is -0.495 e. The topological polar surface area (TPSA) is 81.4 Å². The maximum atomic E-state index is 12.4. The number of rotatable bonds is 4. The Kier molecular flexibility index (Phi) is 4.43. The number of sulfonamides is 1. The van der Waals surface area contributed by atoms with E-state index in [1.54, 1.807) is 6.07 Å². The predicted molar refractivity (Wildman–Crippen MR) is 87.1 cm³/mol. The second-order valence-corrected chi connectivity index (χ2v) is 7.03. The first-order valence-corrected chi connectivity index (χ1v) is 8.33. The molecule has 0 saturated heterocycles. The highest BCUT2D eigenvalue weighted by molar-refractivity contribution is 9.10. The lowest BCUT2D eigenvalue weighted by molar-refractivity contribution is 0.415. The van der Waals surface area contributed by atoms with E-state index in [9.17, 15) is 8.42 Å². The first kappa shape index (κ1) is 15.7. The van der Waals surface area contributed by atoms with Crippen molar-refractivity contribution in [3.05, 3.63) is 46.4 Å². The van der Waals surface area contributed by atoms with Gasteiger partial charge < -0.3 is 10.5 Å². The second-order valence-electron chi connectivity index (χ2n) is 4.49. The Morgan fingerprint density at radius 2 is 1.90 bits per heavy atom. The highest BCUT2D eigenvalue weighted by Gasteiger charge is 2.17. The highest BCUT2D eigenvalue weighted by atomic mass is 79.9. The molecule has 21 heavy (non-hydrogen) atoms. The van der Waals surface area contributed by atoms with E-state index in [1.807, 2.05) is 19.1 Å². The number of aryl methyl sites for hydroxylation is 1. The fourth-order valence-corrected chi connectivity index (χ4v) is 3.58. The number of hydrogen-bond acceptors (Lipinski definition) is 4. The molecule has 0 saturated carbocycles. The van der Waals surface area contributed by atoms with Gasteiger partial charge in [0.2, 0.25) is 0 Å². The molecule has 2 aromatic rings. The van der Waals surface area contributed by atoms with E-state index < -0.39 is 10.0 Å². The van der Waals surface area contributed by atoms with Gasteiger partial charge in [-0.05, 0) is 52.7 Å². The van der Waals surface area contributed by atoms with Gasteiger partial charge >= 0.3 is 0 Å². The quantitative estimate of drug-likeness (QED) is 0.809. The molecule has 112 valence electrons. The van der Waals surface area contributed by atoms with Crippen molar-refractivity contribution in [3.8, 4) is 5.75 Å². The monoisotopic (exact) mass is 370 g/mol. The summed E-state index contributed by atoms with van der Waals surface area (Å²) < 4.78 is 33.0. The fraction of sp³-hybridized carbons (Fsp3) is 0.143. The van der Waals surface area contributed by atoms with Crippen molar-refractivity contribution in [1.29, 1.82) is 0 Å². The van der Waals surface area contributed by atoms with Crippen LogP contribution in [0.2, 0.25) is 0 Å². The van der Waals surface area contributed by atoms with Gasteiger partial charge in [-0.1, -0.05) is 6.07 Å². The molecule has 0 fully saturated rings. The maximum Gasteiger partial charge on any atom is 0.262 e. The van der Waals surface area contributed by atoms with Crippen LogP contribution < -0.4 is 15.2 Å². The van der Waals surface area contributed by atoms with Crippen molar-refractivity contribution in [2.45, 2.75) is 11.8 Å².